The molecule has 0 bridgehead atoms. The van der Waals surface area contributed by atoms with Crippen LogP contribution >= 0.6 is 0 Å². The summed E-state index contributed by atoms with van der Waals surface area (Å²) in [6, 6.07) is 2.11. The molecule has 0 aliphatic heterocycles. The van der Waals surface area contributed by atoms with E-state index in [1.54, 1.807) is 19.9 Å². The molecule has 3 nitrogen and oxygen atoms in total. The van der Waals surface area contributed by atoms with Gasteiger partial charge in [-0.3, -0.25) is 0 Å². The molecular formula is C14H27N3. The minimum Gasteiger partial charge on any atom is -0.196 e. The first-order valence-corrected chi connectivity index (χ1v) is 6.02. The molecule has 0 atom stereocenters. The molecule has 17 heavy (non-hydrogen) atoms. The van der Waals surface area contributed by atoms with E-state index < -0.39 is 5.54 Å². The molecule has 0 unspecified atom stereocenters. The van der Waals surface area contributed by atoms with E-state index in [9.17, 15) is 0 Å². The maximum absolute atomic E-state index is 8.77. The van der Waals surface area contributed by atoms with E-state index in [2.05, 4.69) is 36.7 Å². The summed E-state index contributed by atoms with van der Waals surface area (Å²) in [5, 5.41) is 17.1. The lowest BCUT2D eigenvalue weighted by atomic mass is 9.94. The van der Waals surface area contributed by atoms with Gasteiger partial charge in [-0.05, 0) is 47.0 Å². The van der Waals surface area contributed by atoms with E-state index in [1.165, 1.54) is 0 Å². The highest BCUT2D eigenvalue weighted by Gasteiger charge is 2.21. The van der Waals surface area contributed by atoms with Crippen LogP contribution in [0.4, 0.5) is 0 Å². The van der Waals surface area contributed by atoms with Crippen LogP contribution in [0.5, 0.6) is 0 Å². The van der Waals surface area contributed by atoms with Crippen molar-refractivity contribution in [2.75, 3.05) is 0 Å². The summed E-state index contributed by atoms with van der Waals surface area (Å²) in [5.74, 6) is 0.592. The van der Waals surface area contributed by atoms with Crippen LogP contribution in [-0.2, 0) is 0 Å². The van der Waals surface area contributed by atoms with Crippen molar-refractivity contribution >= 4 is 0 Å². The number of allylic oxidation sites excluding steroid dienone is 1. The zero-order valence-corrected chi connectivity index (χ0v) is 12.4. The van der Waals surface area contributed by atoms with E-state index in [1.807, 2.05) is 20.8 Å². The molecule has 0 N–H and O–H groups in total. The van der Waals surface area contributed by atoms with Gasteiger partial charge in [-0.2, -0.15) is 15.5 Å². The molecule has 0 fully saturated rings. The van der Waals surface area contributed by atoms with Gasteiger partial charge in [0.25, 0.3) is 0 Å². The second-order valence-electron chi connectivity index (χ2n) is 5.69. The lowest BCUT2D eigenvalue weighted by Crippen LogP contribution is -2.21. The zero-order chi connectivity index (χ0) is 14.1. The summed E-state index contributed by atoms with van der Waals surface area (Å²) >= 11 is 0. The van der Waals surface area contributed by atoms with Gasteiger partial charge in [0.2, 0.25) is 0 Å². The Morgan fingerprint density at radius 1 is 1.24 bits per heavy atom. The highest BCUT2D eigenvalue weighted by Crippen LogP contribution is 2.22. The van der Waals surface area contributed by atoms with Crippen molar-refractivity contribution in [2.24, 2.45) is 16.1 Å². The Morgan fingerprint density at radius 2 is 1.65 bits per heavy atom. The lowest BCUT2D eigenvalue weighted by molar-refractivity contribution is 0.373. The van der Waals surface area contributed by atoms with Crippen molar-refractivity contribution in [3.8, 4) is 6.07 Å². The van der Waals surface area contributed by atoms with Gasteiger partial charge in [0.1, 0.15) is 0 Å². The molecule has 0 aliphatic carbocycles. The van der Waals surface area contributed by atoms with Crippen LogP contribution in [0.1, 0.15) is 54.9 Å². The van der Waals surface area contributed by atoms with Crippen molar-refractivity contribution in [3.63, 3.8) is 0 Å². The fraction of sp³-hybridized carbons (Fsp3) is 0.786. The first-order chi connectivity index (χ1) is 7.60. The summed E-state index contributed by atoms with van der Waals surface area (Å²) in [4.78, 5) is 0. The highest BCUT2D eigenvalue weighted by molar-refractivity contribution is 4.99. The molecule has 0 saturated heterocycles. The molecule has 0 aliphatic rings. The lowest BCUT2D eigenvalue weighted by Gasteiger charge is -2.21. The largest absolute Gasteiger partial charge is 0.196 e. The summed E-state index contributed by atoms with van der Waals surface area (Å²) in [6.07, 6.45) is 2.73. The first-order valence-electron chi connectivity index (χ1n) is 6.02. The molecular weight excluding hydrogens is 210 g/mol. The van der Waals surface area contributed by atoms with Crippen molar-refractivity contribution in [1.82, 2.24) is 0 Å². The summed E-state index contributed by atoms with van der Waals surface area (Å²) in [7, 11) is 0. The predicted molar refractivity (Wildman–Crippen MR) is 74.0 cm³/mol. The van der Waals surface area contributed by atoms with E-state index in [0.29, 0.717) is 5.92 Å². The van der Waals surface area contributed by atoms with E-state index in [4.69, 9.17) is 5.26 Å². The molecule has 0 amide bonds. The molecule has 0 aromatic heterocycles. The molecule has 3 heteroatoms. The summed E-state index contributed by atoms with van der Waals surface area (Å²) in [6.45, 7) is 17.2. The Balaban J connectivity index is 0. The van der Waals surface area contributed by atoms with Gasteiger partial charge in [-0.15, -0.1) is 6.58 Å². The second kappa shape index (κ2) is 8.00. The Morgan fingerprint density at radius 3 is 1.94 bits per heavy atom. The van der Waals surface area contributed by atoms with Crippen molar-refractivity contribution in [1.29, 1.82) is 5.26 Å². The third-order valence-electron chi connectivity index (χ3n) is 1.75. The predicted octanol–water partition coefficient (Wildman–Crippen LogP) is 4.76. The minimum atomic E-state index is -0.700. The van der Waals surface area contributed by atoms with Gasteiger partial charge in [0.05, 0.1) is 11.6 Å². The zero-order valence-electron chi connectivity index (χ0n) is 12.4. The first kappa shape index (κ1) is 18.2. The average molecular weight is 237 g/mol. The van der Waals surface area contributed by atoms with Crippen molar-refractivity contribution in [2.45, 2.75) is 66.0 Å². The molecule has 0 aromatic carbocycles. The number of nitriles is 1. The molecule has 0 heterocycles. The van der Waals surface area contributed by atoms with Crippen molar-refractivity contribution < 1.29 is 0 Å². The third-order valence-corrected chi connectivity index (χ3v) is 1.75. The smallest absolute Gasteiger partial charge is 0.161 e. The Labute approximate surface area is 107 Å². The van der Waals surface area contributed by atoms with Gasteiger partial charge < -0.3 is 0 Å². The molecule has 0 radical (unpaired) electrons. The summed E-state index contributed by atoms with van der Waals surface area (Å²) < 4.78 is 0. The number of hydrogen-bond donors (Lipinski definition) is 0. The average Bonchev–Trinajstić information content (AvgIpc) is 2.15. The maximum Gasteiger partial charge on any atom is 0.161 e. The number of rotatable bonds is 4. The van der Waals surface area contributed by atoms with Gasteiger partial charge in [0.15, 0.2) is 5.54 Å². The van der Waals surface area contributed by atoms with Crippen molar-refractivity contribution in [3.05, 3.63) is 12.7 Å². The van der Waals surface area contributed by atoms with Crippen LogP contribution < -0.4 is 0 Å². The van der Waals surface area contributed by atoms with E-state index >= 15 is 0 Å². The topological polar surface area (TPSA) is 48.5 Å². The monoisotopic (exact) mass is 237 g/mol. The second-order valence-corrected chi connectivity index (χ2v) is 5.69. The molecule has 0 saturated carbocycles. The number of azo groups is 1. The van der Waals surface area contributed by atoms with Crippen LogP contribution in [0, 0.1) is 17.2 Å². The van der Waals surface area contributed by atoms with Gasteiger partial charge in [-0.25, -0.2) is 0 Å². The van der Waals surface area contributed by atoms with Crippen LogP contribution in [0.25, 0.3) is 0 Å². The van der Waals surface area contributed by atoms with Gasteiger partial charge in [0, 0.05) is 0 Å². The normalized spacial score (nSPS) is 11.9. The molecule has 0 rings (SSSR count). The van der Waals surface area contributed by atoms with Crippen LogP contribution in [-0.4, -0.2) is 11.1 Å². The SMILES string of the molecule is C=CC.CC(C)CC(C)(C)N=NC(C)(C)C#N. The third kappa shape index (κ3) is 12.8. The quantitative estimate of drug-likeness (QED) is 0.513. The van der Waals surface area contributed by atoms with Crippen LogP contribution in [0.2, 0.25) is 0 Å². The Bertz CT molecular complexity index is 280. The molecule has 0 aromatic rings. The standard InChI is InChI=1S/C11H21N3.C3H6/c1-9(2)7-10(3,4)13-14-11(5,6)8-12;1-3-2/h9H,7H2,1-6H3;3H,1H2,2H3. The molecule has 0 spiro atoms. The summed E-state index contributed by atoms with van der Waals surface area (Å²) in [5.41, 5.74) is -0.865. The molecule has 98 valence electrons. The van der Waals surface area contributed by atoms with E-state index in [0.717, 1.165) is 6.42 Å². The number of hydrogen-bond acceptors (Lipinski definition) is 3. The van der Waals surface area contributed by atoms with Gasteiger partial charge >= 0.3 is 0 Å². The Kier molecular flexibility index (Phi) is 8.57. The highest BCUT2D eigenvalue weighted by atomic mass is 15.2. The fourth-order valence-corrected chi connectivity index (χ4v) is 1.32. The van der Waals surface area contributed by atoms with Crippen LogP contribution in [0.3, 0.4) is 0 Å². The minimum absolute atomic E-state index is 0.164. The van der Waals surface area contributed by atoms with Gasteiger partial charge in [-0.1, -0.05) is 19.9 Å². The maximum atomic E-state index is 8.77. The van der Waals surface area contributed by atoms with E-state index in [-0.39, 0.29) is 5.54 Å². The number of nitrogens with zero attached hydrogens (tertiary/aromatic N) is 3. The Hall–Kier alpha value is -1.17. The van der Waals surface area contributed by atoms with Crippen LogP contribution in [0.15, 0.2) is 22.9 Å². The fourth-order valence-electron chi connectivity index (χ4n) is 1.32.